The molecule has 0 aliphatic carbocycles. The fourth-order valence-corrected chi connectivity index (χ4v) is 3.55. The molecule has 0 bridgehead atoms. The molecule has 1 N–H and O–H groups in total. The maximum absolute atomic E-state index is 12.1. The van der Waals surface area contributed by atoms with Crippen molar-refractivity contribution in [2.75, 3.05) is 11.9 Å². The summed E-state index contributed by atoms with van der Waals surface area (Å²) in [6.45, 7) is -0.546. The van der Waals surface area contributed by atoms with Crippen molar-refractivity contribution >= 4 is 40.8 Å². The van der Waals surface area contributed by atoms with Crippen molar-refractivity contribution in [2.45, 2.75) is 16.6 Å². The Balaban J connectivity index is 1.55. The minimum atomic E-state index is -0.694. The molecule has 2 aromatic rings. The Hall–Kier alpha value is -3.20. The molecule has 1 heterocycles. The highest BCUT2D eigenvalue weighted by Gasteiger charge is 2.29. The standard InChI is InChI=1S/C18H14N2O6S/c21-14(11-4-3-5-12(8-11)20(24)25)10-26-17(22)9-16-18(23)19-13-6-1-2-7-15(13)27-16/h1-8,16H,9-10H2,(H,19,23). The summed E-state index contributed by atoms with van der Waals surface area (Å²) in [5.41, 5.74) is 0.551. The molecule has 0 fully saturated rings. The number of carbonyl (C=O) groups is 3. The Kier molecular flexibility index (Phi) is 5.51. The van der Waals surface area contributed by atoms with Gasteiger partial charge >= 0.3 is 5.97 Å². The Bertz CT molecular complexity index is 930. The van der Waals surface area contributed by atoms with Crippen LogP contribution in [-0.4, -0.2) is 34.4 Å². The number of nitrogens with zero attached hydrogens (tertiary/aromatic N) is 1. The summed E-state index contributed by atoms with van der Waals surface area (Å²) >= 11 is 1.26. The van der Waals surface area contributed by atoms with E-state index in [0.29, 0.717) is 5.69 Å². The van der Waals surface area contributed by atoms with Gasteiger partial charge in [-0.3, -0.25) is 24.5 Å². The number of Topliss-reactive ketones (excluding diaryl/α,β-unsaturated/α-hetero) is 1. The van der Waals surface area contributed by atoms with Crippen molar-refractivity contribution in [3.8, 4) is 0 Å². The molecule has 1 amide bonds. The fraction of sp³-hybridized carbons (Fsp3) is 0.167. The maximum Gasteiger partial charge on any atom is 0.307 e. The summed E-state index contributed by atoms with van der Waals surface area (Å²) in [6, 6.07) is 12.4. The molecule has 1 aliphatic rings. The highest BCUT2D eigenvalue weighted by atomic mass is 32.2. The van der Waals surface area contributed by atoms with Gasteiger partial charge in [0.1, 0.15) is 0 Å². The number of carbonyl (C=O) groups excluding carboxylic acids is 3. The van der Waals surface area contributed by atoms with E-state index >= 15 is 0 Å². The van der Waals surface area contributed by atoms with Gasteiger partial charge in [-0.1, -0.05) is 24.3 Å². The van der Waals surface area contributed by atoms with Gasteiger partial charge in [0.2, 0.25) is 11.7 Å². The van der Waals surface area contributed by atoms with Crippen LogP contribution < -0.4 is 5.32 Å². The molecular formula is C18H14N2O6S. The van der Waals surface area contributed by atoms with Crippen LogP contribution in [0.2, 0.25) is 0 Å². The topological polar surface area (TPSA) is 116 Å². The number of esters is 1. The van der Waals surface area contributed by atoms with Crippen molar-refractivity contribution in [3.05, 3.63) is 64.2 Å². The van der Waals surface area contributed by atoms with Crippen LogP contribution >= 0.6 is 11.8 Å². The Labute approximate surface area is 158 Å². The molecule has 0 saturated heterocycles. The SMILES string of the molecule is O=C(CC1Sc2ccccc2NC1=O)OCC(=O)c1cccc([N+](=O)[O-])c1. The first-order valence-electron chi connectivity index (χ1n) is 7.94. The summed E-state index contributed by atoms with van der Waals surface area (Å²) < 4.78 is 4.95. The Morgan fingerprint density at radius 2 is 1.96 bits per heavy atom. The van der Waals surface area contributed by atoms with E-state index < -0.39 is 28.5 Å². The third-order valence-corrected chi connectivity index (χ3v) is 5.08. The zero-order valence-corrected chi connectivity index (χ0v) is 14.7. The van der Waals surface area contributed by atoms with Crippen molar-refractivity contribution in [3.63, 3.8) is 0 Å². The van der Waals surface area contributed by atoms with Gasteiger partial charge in [0.25, 0.3) is 5.69 Å². The maximum atomic E-state index is 12.1. The van der Waals surface area contributed by atoms with Gasteiger partial charge in [0, 0.05) is 22.6 Å². The molecule has 27 heavy (non-hydrogen) atoms. The van der Waals surface area contributed by atoms with Gasteiger partial charge in [-0.2, -0.15) is 0 Å². The van der Waals surface area contributed by atoms with Crippen molar-refractivity contribution < 1.29 is 24.0 Å². The van der Waals surface area contributed by atoms with E-state index in [1.807, 2.05) is 12.1 Å². The summed E-state index contributed by atoms with van der Waals surface area (Å²) in [6.07, 6.45) is -0.187. The van der Waals surface area contributed by atoms with E-state index in [2.05, 4.69) is 5.32 Å². The van der Waals surface area contributed by atoms with Gasteiger partial charge in [-0.25, -0.2) is 0 Å². The summed E-state index contributed by atoms with van der Waals surface area (Å²) in [4.78, 5) is 47.1. The minimum Gasteiger partial charge on any atom is -0.457 e. The third kappa shape index (κ3) is 4.50. The zero-order chi connectivity index (χ0) is 19.4. The number of non-ortho nitro benzene ring substituents is 1. The van der Waals surface area contributed by atoms with E-state index in [1.165, 1.54) is 30.0 Å². The van der Waals surface area contributed by atoms with E-state index in [4.69, 9.17) is 4.74 Å². The van der Waals surface area contributed by atoms with E-state index in [-0.39, 0.29) is 23.6 Å². The molecule has 2 aromatic carbocycles. The Morgan fingerprint density at radius 1 is 1.19 bits per heavy atom. The number of ether oxygens (including phenoxy) is 1. The lowest BCUT2D eigenvalue weighted by Crippen LogP contribution is -2.31. The lowest BCUT2D eigenvalue weighted by atomic mass is 10.1. The number of hydrogen-bond donors (Lipinski definition) is 1. The van der Waals surface area contributed by atoms with Crippen LogP contribution in [0.4, 0.5) is 11.4 Å². The molecule has 3 rings (SSSR count). The first-order valence-corrected chi connectivity index (χ1v) is 8.82. The fourth-order valence-electron chi connectivity index (χ4n) is 2.46. The summed E-state index contributed by atoms with van der Waals surface area (Å²) in [5.74, 6) is -1.56. The van der Waals surface area contributed by atoms with Gasteiger partial charge < -0.3 is 10.1 Å². The number of ketones is 1. The number of benzene rings is 2. The molecular weight excluding hydrogens is 372 g/mol. The van der Waals surface area contributed by atoms with Crippen LogP contribution in [0.3, 0.4) is 0 Å². The molecule has 1 atom stereocenters. The molecule has 0 aromatic heterocycles. The van der Waals surface area contributed by atoms with Crippen LogP contribution in [0.15, 0.2) is 53.4 Å². The second-order valence-electron chi connectivity index (χ2n) is 5.69. The second kappa shape index (κ2) is 8.00. The van der Waals surface area contributed by atoms with Crippen LogP contribution in [0.25, 0.3) is 0 Å². The van der Waals surface area contributed by atoms with Crippen LogP contribution in [0, 0.1) is 10.1 Å². The molecule has 0 saturated carbocycles. The minimum absolute atomic E-state index is 0.0794. The van der Waals surface area contributed by atoms with Gasteiger partial charge in [0.15, 0.2) is 6.61 Å². The number of para-hydroxylation sites is 1. The van der Waals surface area contributed by atoms with E-state index in [1.54, 1.807) is 12.1 Å². The van der Waals surface area contributed by atoms with Crippen molar-refractivity contribution in [1.82, 2.24) is 0 Å². The molecule has 0 spiro atoms. The van der Waals surface area contributed by atoms with Crippen molar-refractivity contribution in [2.24, 2.45) is 0 Å². The number of amides is 1. The Morgan fingerprint density at radius 3 is 2.74 bits per heavy atom. The molecule has 1 unspecified atom stereocenters. The number of nitro groups is 1. The highest BCUT2D eigenvalue weighted by molar-refractivity contribution is 8.01. The quantitative estimate of drug-likeness (QED) is 0.351. The van der Waals surface area contributed by atoms with Crippen LogP contribution in [0.1, 0.15) is 16.8 Å². The number of rotatable bonds is 6. The van der Waals surface area contributed by atoms with Crippen LogP contribution in [-0.2, 0) is 14.3 Å². The van der Waals surface area contributed by atoms with E-state index in [9.17, 15) is 24.5 Å². The average Bonchev–Trinajstić information content (AvgIpc) is 2.66. The summed E-state index contributed by atoms with van der Waals surface area (Å²) in [7, 11) is 0. The number of nitrogens with one attached hydrogen (secondary N) is 1. The number of fused-ring (bicyclic) bond motifs is 1. The largest absolute Gasteiger partial charge is 0.457 e. The molecule has 8 nitrogen and oxygen atoms in total. The normalized spacial score (nSPS) is 15.4. The van der Waals surface area contributed by atoms with Gasteiger partial charge in [0.05, 0.1) is 22.3 Å². The van der Waals surface area contributed by atoms with Gasteiger partial charge in [-0.05, 0) is 12.1 Å². The second-order valence-corrected chi connectivity index (χ2v) is 6.93. The molecule has 1 aliphatic heterocycles. The lowest BCUT2D eigenvalue weighted by Gasteiger charge is -2.23. The number of thioether (sulfide) groups is 1. The monoisotopic (exact) mass is 386 g/mol. The zero-order valence-electron chi connectivity index (χ0n) is 13.9. The smallest absolute Gasteiger partial charge is 0.307 e. The van der Waals surface area contributed by atoms with Crippen LogP contribution in [0.5, 0.6) is 0 Å². The first kappa shape index (κ1) is 18.6. The van der Waals surface area contributed by atoms with E-state index in [0.717, 1.165) is 11.0 Å². The predicted molar refractivity (Wildman–Crippen MR) is 97.7 cm³/mol. The highest BCUT2D eigenvalue weighted by Crippen LogP contribution is 2.36. The van der Waals surface area contributed by atoms with Gasteiger partial charge in [-0.15, -0.1) is 11.8 Å². The molecule has 0 radical (unpaired) electrons. The predicted octanol–water partition coefficient (Wildman–Crippen LogP) is 2.82. The molecule has 138 valence electrons. The number of nitro benzene ring substituents is 1. The average molecular weight is 386 g/mol. The summed E-state index contributed by atoms with van der Waals surface area (Å²) in [5, 5.41) is 12.8. The number of anilines is 1. The van der Waals surface area contributed by atoms with Crippen molar-refractivity contribution in [1.29, 1.82) is 0 Å². The molecule has 9 heteroatoms. The first-order chi connectivity index (χ1) is 12.9. The number of hydrogen-bond acceptors (Lipinski definition) is 7. The third-order valence-electron chi connectivity index (χ3n) is 3.80. The lowest BCUT2D eigenvalue weighted by molar-refractivity contribution is -0.384.